The predicted molar refractivity (Wildman–Crippen MR) is 455 cm³/mol. The highest BCUT2D eigenvalue weighted by atomic mass is 15.2. The highest BCUT2D eigenvalue weighted by Crippen LogP contribution is 2.56. The van der Waals surface area contributed by atoms with E-state index in [2.05, 4.69) is 416 Å². The third-order valence-corrected chi connectivity index (χ3v) is 22.8. The van der Waals surface area contributed by atoms with E-state index in [1.54, 1.807) is 0 Å². The maximum atomic E-state index is 2.72. The van der Waals surface area contributed by atoms with Crippen LogP contribution < -0.4 is 26.2 Å². The molecule has 2 aliphatic heterocycles. The van der Waals surface area contributed by atoms with Gasteiger partial charge in [-0.05, 0) is 178 Å². The molecule has 2 aliphatic rings. The highest BCUT2D eigenvalue weighted by Gasteiger charge is 2.46. The van der Waals surface area contributed by atoms with Crippen LogP contribution in [0.2, 0.25) is 0 Å². The molecule has 0 N–H and O–H groups in total. The molecule has 0 atom stereocenters. The van der Waals surface area contributed by atoms with Crippen molar-refractivity contribution in [1.82, 2.24) is 9.13 Å². The van der Waals surface area contributed by atoms with Crippen molar-refractivity contribution in [1.29, 1.82) is 0 Å². The van der Waals surface area contributed by atoms with E-state index in [0.717, 1.165) is 134 Å². The van der Waals surface area contributed by atoms with E-state index in [1.165, 1.54) is 65.0 Å². The molecule has 19 aromatic rings. The molecule has 502 valence electrons. The first-order chi connectivity index (χ1) is 52.8. The number of para-hydroxylation sites is 2. The van der Waals surface area contributed by atoms with Gasteiger partial charge >= 0.3 is 0 Å². The zero-order chi connectivity index (χ0) is 71.0. The van der Waals surface area contributed by atoms with Gasteiger partial charge in [-0.3, -0.25) is 0 Å². The average molecular weight is 1360 g/mol. The second-order valence-electron chi connectivity index (χ2n) is 29.9. The van der Waals surface area contributed by atoms with Gasteiger partial charge in [0.2, 0.25) is 0 Å². The van der Waals surface area contributed by atoms with Crippen LogP contribution >= 0.6 is 0 Å². The molecule has 0 saturated heterocycles. The fraction of sp³-hybridized carbons (Fsp3) is 0.0392. The summed E-state index contributed by atoms with van der Waals surface area (Å²) in [4.78, 5) is 5.45. The van der Waals surface area contributed by atoms with Crippen LogP contribution in [0.1, 0.15) is 26.3 Å². The van der Waals surface area contributed by atoms with Crippen molar-refractivity contribution in [2.24, 2.45) is 0 Å². The molecule has 2 aromatic heterocycles. The maximum Gasteiger partial charge on any atom is 0.252 e. The first-order valence-electron chi connectivity index (χ1n) is 37.3. The minimum Gasteiger partial charge on any atom is -0.310 e. The van der Waals surface area contributed by atoms with Crippen molar-refractivity contribution >= 4 is 122 Å². The summed E-state index contributed by atoms with van der Waals surface area (Å²) in [5.41, 5.74) is 31.7. The Kier molecular flexibility index (Phi) is 14.3. The fourth-order valence-electron chi connectivity index (χ4n) is 17.9. The van der Waals surface area contributed by atoms with Crippen molar-refractivity contribution in [3.63, 3.8) is 0 Å². The molecule has 4 nitrogen and oxygen atoms in total. The van der Waals surface area contributed by atoms with Gasteiger partial charge in [-0.1, -0.05) is 312 Å². The lowest BCUT2D eigenvalue weighted by atomic mass is 9.33. The first kappa shape index (κ1) is 62.1. The van der Waals surface area contributed by atoms with Gasteiger partial charge < -0.3 is 18.9 Å². The van der Waals surface area contributed by atoms with Crippen LogP contribution in [0.25, 0.3) is 143 Å². The van der Waals surface area contributed by atoms with Crippen molar-refractivity contribution in [3.8, 4) is 78.1 Å². The van der Waals surface area contributed by atoms with E-state index < -0.39 is 0 Å². The van der Waals surface area contributed by atoms with Crippen molar-refractivity contribution in [2.75, 3.05) is 9.80 Å². The zero-order valence-electron chi connectivity index (χ0n) is 59.7. The second-order valence-corrected chi connectivity index (χ2v) is 29.9. The SMILES string of the molecule is CC(C)(C)c1cc2c3c(c1)N(c1c(-c4ccccc4)cc(-c4ccccc4)cc1-c1ccccc1)c1cc(-n4c5ccccc5c5c6ccccc6ccc54)ccc1B3c1ccc(-n3c4ccccc4c4c5ccccc5ccc43)cc1N2c1c(-c2ccccc2)cc(-c2ccccc2)cc1-c1ccccc1. The number of benzene rings is 17. The van der Waals surface area contributed by atoms with Gasteiger partial charge in [-0.25, -0.2) is 0 Å². The Morgan fingerprint density at radius 3 is 0.916 bits per heavy atom. The Hall–Kier alpha value is -13.5. The summed E-state index contributed by atoms with van der Waals surface area (Å²) in [5.74, 6) is 0. The van der Waals surface area contributed by atoms with E-state index in [0.29, 0.717) is 0 Å². The van der Waals surface area contributed by atoms with Crippen molar-refractivity contribution < 1.29 is 0 Å². The largest absolute Gasteiger partial charge is 0.310 e. The summed E-state index contributed by atoms with van der Waals surface area (Å²) in [6, 6.07) is 142. The van der Waals surface area contributed by atoms with Gasteiger partial charge in [-0.2, -0.15) is 0 Å². The molecule has 0 saturated carbocycles. The number of hydrogen-bond acceptors (Lipinski definition) is 2. The van der Waals surface area contributed by atoms with Crippen molar-refractivity contribution in [3.05, 3.63) is 382 Å². The summed E-state index contributed by atoms with van der Waals surface area (Å²) in [5, 5.41) is 9.89. The molecule has 107 heavy (non-hydrogen) atoms. The Morgan fingerprint density at radius 2 is 0.561 bits per heavy atom. The Bertz CT molecular complexity index is 6250. The smallest absolute Gasteiger partial charge is 0.252 e. The van der Waals surface area contributed by atoms with Gasteiger partial charge in [0.25, 0.3) is 6.71 Å². The summed E-state index contributed by atoms with van der Waals surface area (Å²) in [6.45, 7) is 6.92. The minimum absolute atomic E-state index is 0.272. The number of anilines is 6. The van der Waals surface area contributed by atoms with Crippen LogP contribution in [-0.2, 0) is 5.41 Å². The molecule has 17 aromatic carbocycles. The minimum atomic E-state index is -0.358. The number of hydrogen-bond donors (Lipinski definition) is 0. The third-order valence-electron chi connectivity index (χ3n) is 22.8. The van der Waals surface area contributed by atoms with Crippen LogP contribution in [0, 0.1) is 0 Å². The molecule has 4 heterocycles. The molecule has 0 amide bonds. The molecule has 0 bridgehead atoms. The molecular formula is C102H71BN4. The molecule has 21 rings (SSSR count). The van der Waals surface area contributed by atoms with E-state index in [1.807, 2.05) is 0 Å². The van der Waals surface area contributed by atoms with Gasteiger partial charge in [0, 0.05) is 77.9 Å². The molecule has 0 aliphatic carbocycles. The first-order valence-corrected chi connectivity index (χ1v) is 37.3. The molecule has 0 spiro atoms. The predicted octanol–water partition coefficient (Wildman–Crippen LogP) is 25.6. The van der Waals surface area contributed by atoms with Gasteiger partial charge in [0.15, 0.2) is 0 Å². The number of nitrogens with zero attached hydrogens (tertiary/aromatic N) is 4. The number of rotatable bonds is 10. The zero-order valence-corrected chi connectivity index (χ0v) is 59.7. The topological polar surface area (TPSA) is 16.3 Å². The molecule has 5 heteroatoms. The third kappa shape index (κ3) is 9.92. The lowest BCUT2D eigenvalue weighted by molar-refractivity contribution is 0.590. The van der Waals surface area contributed by atoms with Gasteiger partial charge in [0.1, 0.15) is 0 Å². The molecule has 0 unspecified atom stereocenters. The van der Waals surface area contributed by atoms with E-state index in [-0.39, 0.29) is 12.1 Å². The van der Waals surface area contributed by atoms with Gasteiger partial charge in [-0.15, -0.1) is 0 Å². The molecule has 0 fully saturated rings. The number of aromatic nitrogens is 2. The molecule has 0 radical (unpaired) electrons. The van der Waals surface area contributed by atoms with Crippen LogP contribution in [0.5, 0.6) is 0 Å². The van der Waals surface area contributed by atoms with Crippen LogP contribution in [-0.4, -0.2) is 15.8 Å². The second kappa shape index (κ2) is 24.6. The maximum absolute atomic E-state index is 2.72. The van der Waals surface area contributed by atoms with Crippen LogP contribution in [0.4, 0.5) is 34.1 Å². The Morgan fingerprint density at radius 1 is 0.243 bits per heavy atom. The van der Waals surface area contributed by atoms with Gasteiger partial charge in [0.05, 0.1) is 33.4 Å². The average Bonchev–Trinajstić information content (AvgIpc) is 0.939. The van der Waals surface area contributed by atoms with E-state index in [4.69, 9.17) is 0 Å². The lowest BCUT2D eigenvalue weighted by Crippen LogP contribution is -2.61. The quantitative estimate of drug-likeness (QED) is 0.127. The van der Waals surface area contributed by atoms with Crippen molar-refractivity contribution in [2.45, 2.75) is 26.2 Å². The van der Waals surface area contributed by atoms with E-state index in [9.17, 15) is 0 Å². The summed E-state index contributed by atoms with van der Waals surface area (Å²) in [6.07, 6.45) is 0. The summed E-state index contributed by atoms with van der Waals surface area (Å²) >= 11 is 0. The van der Waals surface area contributed by atoms with E-state index >= 15 is 0 Å². The number of fused-ring (bicyclic) bond motifs is 14. The fourth-order valence-corrected chi connectivity index (χ4v) is 17.9. The van der Waals surface area contributed by atoms with Crippen LogP contribution in [0.15, 0.2) is 376 Å². The normalized spacial score (nSPS) is 12.6. The molecular weight excluding hydrogens is 1290 g/mol. The monoisotopic (exact) mass is 1360 g/mol. The standard InChI is InChI=1S/C102H71BN4/c1-102(2,3)76-62-95-99-96(63-76)107(101-85(70-38-18-8-19-39-70)60-75(67-32-12-5-13-33-67)61-86(101)71-40-20-9-21-41-71)94-65-78(105-90-49-29-27-47-82(90)98-80-45-25-23-43-73(80)51-57-92(98)105)53-55-88(94)103(99)87-54-52-77(104-89-48-28-26-46-81(89)97-79-44-24-22-42-72(79)50-56-91(97)104)64-93(87)106(95)100-83(68-34-14-6-15-35-68)58-74(66-30-10-4-11-31-66)59-84(100)69-36-16-7-17-37-69/h4-65H,1-3H3. The summed E-state index contributed by atoms with van der Waals surface area (Å²) in [7, 11) is 0. The van der Waals surface area contributed by atoms with Crippen LogP contribution in [0.3, 0.4) is 0 Å². The Balaban J connectivity index is 0.943. The Labute approximate surface area is 623 Å². The lowest BCUT2D eigenvalue weighted by Gasteiger charge is -2.46. The highest BCUT2D eigenvalue weighted by molar-refractivity contribution is 7.00. The summed E-state index contributed by atoms with van der Waals surface area (Å²) < 4.78 is 5.06.